The topological polar surface area (TPSA) is 96.6 Å². The molecule has 0 unspecified atom stereocenters. The zero-order valence-corrected chi connectivity index (χ0v) is 16.0. The van der Waals surface area contributed by atoms with Gasteiger partial charge in [-0.2, -0.15) is 0 Å². The van der Waals surface area contributed by atoms with Crippen molar-refractivity contribution >= 4 is 24.1 Å². The Bertz CT molecular complexity index is 875. The van der Waals surface area contributed by atoms with Gasteiger partial charge in [0.15, 0.2) is 0 Å². The van der Waals surface area contributed by atoms with E-state index < -0.39 is 13.1 Å². The van der Waals surface area contributed by atoms with Crippen LogP contribution in [0.15, 0.2) is 54.1 Å². The highest BCUT2D eigenvalue weighted by atomic mass is 16.5. The Kier molecular flexibility index (Phi) is 6.89. The molecule has 7 nitrogen and oxygen atoms in total. The molecule has 0 aliphatic heterocycles. The van der Waals surface area contributed by atoms with Crippen LogP contribution in [0.25, 0.3) is 11.0 Å². The third-order valence-corrected chi connectivity index (χ3v) is 4.74. The Balaban J connectivity index is 1.56. The predicted molar refractivity (Wildman–Crippen MR) is 108 cm³/mol. The van der Waals surface area contributed by atoms with Gasteiger partial charge in [0.1, 0.15) is 0 Å². The third kappa shape index (κ3) is 5.24. The molecule has 0 saturated heterocycles. The van der Waals surface area contributed by atoms with Crippen molar-refractivity contribution in [3.05, 3.63) is 54.1 Å². The molecule has 1 atom stereocenters. The van der Waals surface area contributed by atoms with Gasteiger partial charge in [0, 0.05) is 19.4 Å². The second-order valence-corrected chi connectivity index (χ2v) is 6.83. The molecule has 1 heterocycles. The number of fused-ring (bicyclic) bond motifs is 1. The number of hydrogen-bond donors (Lipinski definition) is 3. The van der Waals surface area contributed by atoms with Gasteiger partial charge in [-0.25, -0.2) is 4.98 Å². The van der Waals surface area contributed by atoms with Crippen LogP contribution in [-0.2, 0) is 16.1 Å². The summed E-state index contributed by atoms with van der Waals surface area (Å²) in [5, 5.41) is 22.1. The normalized spacial score (nSPS) is 15.0. The summed E-state index contributed by atoms with van der Waals surface area (Å²) < 4.78 is 7.47. The molecular weight excluding hydrogens is 357 g/mol. The van der Waals surface area contributed by atoms with Gasteiger partial charge in [0.2, 0.25) is 5.91 Å². The number of ether oxygens (including phenoxy) is 1. The summed E-state index contributed by atoms with van der Waals surface area (Å²) in [6, 6.07) is 7.73. The van der Waals surface area contributed by atoms with Crippen LogP contribution in [0.4, 0.5) is 0 Å². The maximum absolute atomic E-state index is 12.4. The average Bonchev–Trinajstić information content (AvgIpc) is 3.09. The molecule has 0 saturated carbocycles. The molecule has 0 spiro atoms. The Hall–Kier alpha value is -2.58. The van der Waals surface area contributed by atoms with E-state index in [4.69, 9.17) is 4.74 Å². The first-order chi connectivity index (χ1) is 13.6. The van der Waals surface area contributed by atoms with Gasteiger partial charge >= 0.3 is 7.12 Å². The van der Waals surface area contributed by atoms with Crippen LogP contribution < -0.4 is 5.32 Å². The number of aryl methyl sites for hydroxylation is 1. The monoisotopic (exact) mass is 383 g/mol. The van der Waals surface area contributed by atoms with Crippen molar-refractivity contribution in [1.29, 1.82) is 0 Å². The molecular formula is C20H26BN3O4. The average molecular weight is 383 g/mol. The summed E-state index contributed by atoms with van der Waals surface area (Å²) >= 11 is 0. The van der Waals surface area contributed by atoms with Crippen LogP contribution in [0.1, 0.15) is 32.6 Å². The van der Waals surface area contributed by atoms with Crippen LogP contribution >= 0.6 is 0 Å². The van der Waals surface area contributed by atoms with Gasteiger partial charge in [0.05, 0.1) is 35.7 Å². The van der Waals surface area contributed by atoms with E-state index in [-0.39, 0.29) is 12.3 Å². The van der Waals surface area contributed by atoms with Crippen molar-refractivity contribution in [2.75, 3.05) is 6.61 Å². The molecule has 1 aromatic carbocycles. The second-order valence-electron chi connectivity index (χ2n) is 6.83. The van der Waals surface area contributed by atoms with Crippen LogP contribution in [0, 0.1) is 0 Å². The summed E-state index contributed by atoms with van der Waals surface area (Å²) in [6.45, 7) is 3.01. The van der Waals surface area contributed by atoms with E-state index in [1.165, 1.54) is 0 Å². The lowest BCUT2D eigenvalue weighted by atomic mass is 9.75. The van der Waals surface area contributed by atoms with Crippen molar-refractivity contribution in [1.82, 2.24) is 14.9 Å². The largest absolute Gasteiger partial charge is 0.498 e. The zero-order chi connectivity index (χ0) is 19.9. The van der Waals surface area contributed by atoms with E-state index in [0.717, 1.165) is 35.2 Å². The maximum atomic E-state index is 12.4. The van der Waals surface area contributed by atoms with E-state index in [1.54, 1.807) is 6.33 Å². The summed E-state index contributed by atoms with van der Waals surface area (Å²) in [7, 11) is -1.63. The molecule has 1 aliphatic carbocycles. The quantitative estimate of drug-likeness (QED) is 0.576. The number of carbonyl (C=O) groups is 1. The number of nitrogens with zero attached hydrogens (tertiary/aromatic N) is 2. The summed E-state index contributed by atoms with van der Waals surface area (Å²) in [5.41, 5.74) is 2.79. The summed E-state index contributed by atoms with van der Waals surface area (Å²) in [4.78, 5) is 16.7. The number of allylic oxidation sites excluding steroid dienone is 3. The fourth-order valence-corrected chi connectivity index (χ4v) is 3.35. The lowest BCUT2D eigenvalue weighted by Crippen LogP contribution is -2.46. The molecule has 3 rings (SSSR count). The first-order valence-corrected chi connectivity index (χ1v) is 9.64. The first kappa shape index (κ1) is 20.2. The number of benzene rings is 1. The second kappa shape index (κ2) is 9.57. The van der Waals surface area contributed by atoms with Crippen molar-refractivity contribution in [2.24, 2.45) is 0 Å². The molecule has 28 heavy (non-hydrogen) atoms. The SMILES string of the molecule is CCOC1=CC(C[C@H](NC(=O)CCn2cnc3ccccc32)B(O)O)=CCC1. The number of amides is 1. The Morgan fingerprint density at radius 3 is 3.00 bits per heavy atom. The lowest BCUT2D eigenvalue weighted by Gasteiger charge is -2.21. The number of aromatic nitrogens is 2. The molecule has 3 N–H and O–H groups in total. The van der Waals surface area contributed by atoms with E-state index in [9.17, 15) is 14.8 Å². The van der Waals surface area contributed by atoms with Gasteiger partial charge in [0.25, 0.3) is 0 Å². The van der Waals surface area contributed by atoms with Crippen LogP contribution in [0.3, 0.4) is 0 Å². The Morgan fingerprint density at radius 1 is 1.39 bits per heavy atom. The molecule has 0 fully saturated rings. The molecule has 0 bridgehead atoms. The van der Waals surface area contributed by atoms with E-state index >= 15 is 0 Å². The minimum absolute atomic E-state index is 0.225. The number of carbonyl (C=O) groups excluding carboxylic acids is 1. The predicted octanol–water partition coefficient (Wildman–Crippen LogP) is 1.95. The van der Waals surface area contributed by atoms with E-state index in [0.29, 0.717) is 19.6 Å². The summed E-state index contributed by atoms with van der Waals surface area (Å²) in [6.07, 6.45) is 7.93. The molecule has 1 amide bonds. The van der Waals surface area contributed by atoms with E-state index in [1.807, 2.05) is 47.9 Å². The molecule has 1 aromatic heterocycles. The van der Waals surface area contributed by atoms with Gasteiger partial charge in [-0.1, -0.05) is 18.2 Å². The number of imidazole rings is 1. The van der Waals surface area contributed by atoms with Gasteiger partial charge in [-0.05, 0) is 43.5 Å². The fourth-order valence-electron chi connectivity index (χ4n) is 3.35. The van der Waals surface area contributed by atoms with Crippen molar-refractivity contribution in [3.8, 4) is 0 Å². The molecule has 2 aromatic rings. The maximum Gasteiger partial charge on any atom is 0.475 e. The van der Waals surface area contributed by atoms with Crippen LogP contribution in [0.5, 0.6) is 0 Å². The smallest absolute Gasteiger partial charge is 0.475 e. The minimum Gasteiger partial charge on any atom is -0.498 e. The number of para-hydroxylation sites is 2. The highest BCUT2D eigenvalue weighted by Crippen LogP contribution is 2.22. The van der Waals surface area contributed by atoms with Gasteiger partial charge < -0.3 is 24.7 Å². The summed E-state index contributed by atoms with van der Waals surface area (Å²) in [5.74, 6) is -0.110. The fraction of sp³-hybridized carbons (Fsp3) is 0.400. The highest BCUT2D eigenvalue weighted by molar-refractivity contribution is 6.43. The number of nitrogens with one attached hydrogen (secondary N) is 1. The number of hydrogen-bond acceptors (Lipinski definition) is 5. The van der Waals surface area contributed by atoms with Crippen LogP contribution in [-0.4, -0.2) is 45.2 Å². The lowest BCUT2D eigenvalue weighted by molar-refractivity contribution is -0.121. The standard InChI is InChI=1S/C20H26BN3O4/c1-2-28-16-7-5-6-15(12-16)13-19(21(26)27)23-20(25)10-11-24-14-22-17-8-3-4-9-18(17)24/h3-4,6,8-9,12,14,19,26-27H,2,5,7,10-11,13H2,1H3,(H,23,25)/t19-/m0/s1. The van der Waals surface area contributed by atoms with Gasteiger partial charge in [-0.15, -0.1) is 0 Å². The number of rotatable bonds is 9. The third-order valence-electron chi connectivity index (χ3n) is 4.74. The zero-order valence-electron chi connectivity index (χ0n) is 16.0. The highest BCUT2D eigenvalue weighted by Gasteiger charge is 2.26. The van der Waals surface area contributed by atoms with Crippen molar-refractivity contribution in [3.63, 3.8) is 0 Å². The van der Waals surface area contributed by atoms with Crippen molar-refractivity contribution in [2.45, 2.75) is 45.1 Å². The molecule has 148 valence electrons. The molecule has 8 heteroatoms. The van der Waals surface area contributed by atoms with Crippen molar-refractivity contribution < 1.29 is 19.6 Å². The molecule has 1 aliphatic rings. The minimum atomic E-state index is -1.63. The first-order valence-electron chi connectivity index (χ1n) is 9.64. The van der Waals surface area contributed by atoms with Gasteiger partial charge in [-0.3, -0.25) is 4.79 Å². The Labute approximate surface area is 164 Å². The van der Waals surface area contributed by atoms with Crippen LogP contribution in [0.2, 0.25) is 0 Å². The van der Waals surface area contributed by atoms with E-state index in [2.05, 4.69) is 10.3 Å². The molecule has 0 radical (unpaired) electrons. The Morgan fingerprint density at radius 2 is 2.21 bits per heavy atom.